The van der Waals surface area contributed by atoms with Crippen molar-refractivity contribution < 1.29 is 22.0 Å². The van der Waals surface area contributed by atoms with Gasteiger partial charge in [-0.2, -0.15) is 5.10 Å². The number of fused-ring (bicyclic) bond motifs is 1. The summed E-state index contributed by atoms with van der Waals surface area (Å²) in [4.78, 5) is 25.6. The maximum Gasteiger partial charge on any atom is 0.232 e. The van der Waals surface area contributed by atoms with Crippen molar-refractivity contribution in [2.45, 2.75) is 20.3 Å². The summed E-state index contributed by atoms with van der Waals surface area (Å²) in [5.74, 6) is -3.04. The monoisotopic (exact) mass is 472 g/mol. The number of anilines is 1. The Hall–Kier alpha value is -3.80. The molecule has 0 saturated heterocycles. The number of carbonyl (C=O) groups is 1. The average Bonchev–Trinajstić information content (AvgIpc) is 3.20. The fraction of sp³-hybridized carbons (Fsp3) is 0.190. The van der Waals surface area contributed by atoms with Crippen LogP contribution in [0.25, 0.3) is 22.2 Å². The molecule has 0 fully saturated rings. The smallest absolute Gasteiger partial charge is 0.232 e. The Balaban J connectivity index is 1.77. The first-order valence-corrected chi connectivity index (χ1v) is 11.5. The predicted molar refractivity (Wildman–Crippen MR) is 117 cm³/mol. The fourth-order valence-electron chi connectivity index (χ4n) is 3.20. The number of pyridine rings is 1. The maximum atomic E-state index is 15.1. The van der Waals surface area contributed by atoms with Crippen molar-refractivity contribution in [2.24, 2.45) is 0 Å². The van der Waals surface area contributed by atoms with E-state index in [4.69, 9.17) is 0 Å². The predicted octanol–water partition coefficient (Wildman–Crippen LogP) is 3.38. The van der Waals surface area contributed by atoms with Crippen molar-refractivity contribution in [3.8, 4) is 11.1 Å². The molecule has 0 unspecified atom stereocenters. The first kappa shape index (κ1) is 22.4. The van der Waals surface area contributed by atoms with E-state index in [1.54, 1.807) is 32.3 Å². The molecule has 9 nitrogen and oxygen atoms in total. The van der Waals surface area contributed by atoms with Gasteiger partial charge in [0.25, 0.3) is 0 Å². The number of nitrogens with one attached hydrogen (secondary N) is 2. The van der Waals surface area contributed by atoms with Gasteiger partial charge in [0.2, 0.25) is 15.8 Å². The zero-order chi connectivity index (χ0) is 23.8. The van der Waals surface area contributed by atoms with Gasteiger partial charge in [0, 0.05) is 29.7 Å². The lowest BCUT2D eigenvalue weighted by Crippen LogP contribution is -2.19. The van der Waals surface area contributed by atoms with E-state index in [0.717, 1.165) is 12.1 Å². The highest BCUT2D eigenvalue weighted by Gasteiger charge is 2.25. The van der Waals surface area contributed by atoms with E-state index in [-0.39, 0.29) is 23.5 Å². The van der Waals surface area contributed by atoms with E-state index >= 15 is 4.39 Å². The van der Waals surface area contributed by atoms with Crippen LogP contribution in [0.4, 0.5) is 14.5 Å². The number of benzene rings is 1. The molecule has 0 atom stereocenters. The van der Waals surface area contributed by atoms with Crippen molar-refractivity contribution in [2.75, 3.05) is 10.5 Å². The Labute approximate surface area is 187 Å². The molecule has 0 amide bonds. The quantitative estimate of drug-likeness (QED) is 0.394. The zero-order valence-electron chi connectivity index (χ0n) is 17.6. The molecule has 170 valence electrons. The highest BCUT2D eigenvalue weighted by Crippen LogP contribution is 2.28. The second kappa shape index (κ2) is 8.62. The van der Waals surface area contributed by atoms with Crippen molar-refractivity contribution in [1.82, 2.24) is 25.1 Å². The van der Waals surface area contributed by atoms with E-state index in [1.165, 1.54) is 6.20 Å². The summed E-state index contributed by atoms with van der Waals surface area (Å²) >= 11 is 0. The Morgan fingerprint density at radius 1 is 1.09 bits per heavy atom. The number of nitrogens with zero attached hydrogens (tertiary/aromatic N) is 4. The third-order valence-electron chi connectivity index (χ3n) is 4.82. The number of H-pyrrole nitrogens is 1. The van der Waals surface area contributed by atoms with E-state index in [9.17, 15) is 17.6 Å². The van der Waals surface area contributed by atoms with Crippen molar-refractivity contribution in [3.63, 3.8) is 0 Å². The second-order valence-corrected chi connectivity index (χ2v) is 9.09. The van der Waals surface area contributed by atoms with Crippen LogP contribution in [0, 0.1) is 18.6 Å². The molecule has 4 aromatic rings. The summed E-state index contributed by atoms with van der Waals surface area (Å²) in [7, 11) is -3.98. The number of aromatic amines is 1. The normalized spacial score (nSPS) is 11.6. The molecular weight excluding hydrogens is 454 g/mol. The largest absolute Gasteiger partial charge is 0.287 e. The van der Waals surface area contributed by atoms with Gasteiger partial charge >= 0.3 is 0 Å². The molecule has 4 rings (SSSR count). The van der Waals surface area contributed by atoms with Crippen LogP contribution in [0.15, 0.2) is 36.8 Å². The van der Waals surface area contributed by atoms with Crippen LogP contribution in [-0.4, -0.2) is 45.1 Å². The molecule has 0 aliphatic rings. The van der Waals surface area contributed by atoms with Crippen molar-refractivity contribution >= 4 is 32.5 Å². The molecule has 33 heavy (non-hydrogen) atoms. The highest BCUT2D eigenvalue weighted by atomic mass is 32.2. The van der Waals surface area contributed by atoms with Gasteiger partial charge in [-0.3, -0.25) is 14.6 Å². The van der Waals surface area contributed by atoms with Crippen LogP contribution >= 0.6 is 0 Å². The lowest BCUT2D eigenvalue weighted by molar-refractivity contribution is 0.103. The molecule has 3 heterocycles. The molecule has 3 aromatic heterocycles. The number of ketones is 1. The van der Waals surface area contributed by atoms with E-state index in [1.807, 2.05) is 4.72 Å². The summed E-state index contributed by atoms with van der Waals surface area (Å²) in [6.07, 6.45) is 4.98. The first-order valence-electron chi connectivity index (χ1n) is 9.86. The average molecular weight is 472 g/mol. The fourth-order valence-corrected chi connectivity index (χ4v) is 4.34. The van der Waals surface area contributed by atoms with Gasteiger partial charge in [0.1, 0.15) is 23.0 Å². The van der Waals surface area contributed by atoms with Crippen molar-refractivity contribution in [3.05, 3.63) is 65.5 Å². The molecule has 0 bridgehead atoms. The van der Waals surface area contributed by atoms with Crippen LogP contribution in [0.1, 0.15) is 35.2 Å². The van der Waals surface area contributed by atoms with Gasteiger partial charge < -0.3 is 0 Å². The number of rotatable bonds is 7. The summed E-state index contributed by atoms with van der Waals surface area (Å²) < 4.78 is 55.2. The Morgan fingerprint density at radius 2 is 1.79 bits per heavy atom. The molecule has 0 aliphatic carbocycles. The molecule has 2 N–H and O–H groups in total. The molecule has 0 aliphatic heterocycles. The number of halogens is 2. The standard InChI is InChI=1S/C21H18F2N6O3S/c1-3-6-33(31,32)29-19-16(22)5-4-14(17(19)23)20(30)18-15-7-12(8-26-21(15)28-27-18)13-9-24-11(2)25-10-13/h4-5,7-10,29H,3,6H2,1-2H3,(H,26,27,28). The number of aryl methyl sites for hydroxylation is 1. The molecule has 0 spiro atoms. The lowest BCUT2D eigenvalue weighted by Gasteiger charge is -2.11. The van der Waals surface area contributed by atoms with Crippen LogP contribution < -0.4 is 4.72 Å². The number of sulfonamides is 1. The number of hydrogen-bond acceptors (Lipinski definition) is 7. The zero-order valence-corrected chi connectivity index (χ0v) is 18.4. The number of carbonyl (C=O) groups excluding carboxylic acids is 1. The molecule has 0 saturated carbocycles. The summed E-state index contributed by atoms with van der Waals surface area (Å²) in [6.45, 7) is 3.35. The van der Waals surface area contributed by atoms with E-state index in [2.05, 4.69) is 25.1 Å². The minimum Gasteiger partial charge on any atom is -0.287 e. The summed E-state index contributed by atoms with van der Waals surface area (Å²) in [5.41, 5.74) is -0.0588. The van der Waals surface area contributed by atoms with E-state index < -0.39 is 38.7 Å². The minimum atomic E-state index is -3.98. The topological polar surface area (TPSA) is 131 Å². The van der Waals surface area contributed by atoms with Crippen LogP contribution in [-0.2, 0) is 10.0 Å². The second-order valence-electron chi connectivity index (χ2n) is 7.25. The SMILES string of the molecule is CCCS(=O)(=O)Nc1c(F)ccc(C(=O)c2[nH]nc3ncc(-c4cnc(C)nc4)cc23)c1F. The Kier molecular flexibility index (Phi) is 5.85. The molecule has 1 aromatic carbocycles. The number of aromatic nitrogens is 5. The molecular formula is C21H18F2N6O3S. The molecule has 12 heteroatoms. The molecule has 0 radical (unpaired) electrons. The van der Waals surface area contributed by atoms with Crippen molar-refractivity contribution in [1.29, 1.82) is 0 Å². The summed E-state index contributed by atoms with van der Waals surface area (Å²) in [6, 6.07) is 3.40. The summed E-state index contributed by atoms with van der Waals surface area (Å²) in [5, 5.41) is 6.81. The van der Waals surface area contributed by atoms with E-state index in [0.29, 0.717) is 22.3 Å². The van der Waals surface area contributed by atoms with Crippen LogP contribution in [0.3, 0.4) is 0 Å². The first-order chi connectivity index (χ1) is 15.7. The Morgan fingerprint density at radius 3 is 2.48 bits per heavy atom. The minimum absolute atomic E-state index is 0.0831. The Bertz CT molecular complexity index is 1470. The van der Waals surface area contributed by atoms with Gasteiger partial charge in [-0.1, -0.05) is 6.92 Å². The maximum absolute atomic E-state index is 15.1. The van der Waals surface area contributed by atoms with Gasteiger partial charge in [-0.15, -0.1) is 0 Å². The number of hydrogen-bond donors (Lipinski definition) is 2. The van der Waals surface area contributed by atoms with Gasteiger partial charge in [-0.25, -0.2) is 32.2 Å². The van der Waals surface area contributed by atoms with Crippen LogP contribution in [0.2, 0.25) is 0 Å². The third kappa shape index (κ3) is 4.42. The lowest BCUT2D eigenvalue weighted by atomic mass is 10.0. The van der Waals surface area contributed by atoms with Gasteiger partial charge in [0.05, 0.1) is 16.7 Å². The van der Waals surface area contributed by atoms with Gasteiger partial charge in [-0.05, 0) is 31.5 Å². The van der Waals surface area contributed by atoms with Gasteiger partial charge in [0.15, 0.2) is 11.5 Å². The third-order valence-corrected chi connectivity index (χ3v) is 6.28. The highest BCUT2D eigenvalue weighted by molar-refractivity contribution is 7.92. The van der Waals surface area contributed by atoms with Crippen LogP contribution in [0.5, 0.6) is 0 Å².